The monoisotopic (exact) mass is 520 g/mol. The molecule has 1 aromatic heterocycles. The molecule has 1 amide bonds. The van der Waals surface area contributed by atoms with Crippen LogP contribution in [-0.4, -0.2) is 42.3 Å². The SMILES string of the molecule is CCC1OC(=O)C(N)Cc2cccc(c2)N1N(Cc1ccc(OC)c2oc(C(N)=O)cc12)C1CCCCC1. The van der Waals surface area contributed by atoms with E-state index in [2.05, 4.69) is 22.2 Å². The quantitative estimate of drug-likeness (QED) is 0.443. The topological polar surface area (TPSA) is 124 Å². The van der Waals surface area contributed by atoms with E-state index in [1.165, 1.54) is 6.42 Å². The Morgan fingerprint density at radius 1 is 1.16 bits per heavy atom. The molecule has 1 aliphatic carbocycles. The van der Waals surface area contributed by atoms with Gasteiger partial charge in [-0.15, -0.1) is 0 Å². The van der Waals surface area contributed by atoms with Gasteiger partial charge in [0.1, 0.15) is 6.04 Å². The number of primary amides is 1. The summed E-state index contributed by atoms with van der Waals surface area (Å²) in [5.74, 6) is -0.421. The van der Waals surface area contributed by atoms with E-state index in [4.69, 9.17) is 25.4 Å². The summed E-state index contributed by atoms with van der Waals surface area (Å²) in [5.41, 5.74) is 15.1. The molecule has 2 aromatic carbocycles. The van der Waals surface area contributed by atoms with Gasteiger partial charge in [0.05, 0.1) is 12.8 Å². The first-order chi connectivity index (χ1) is 18.4. The minimum atomic E-state index is -0.721. The molecular weight excluding hydrogens is 484 g/mol. The lowest BCUT2D eigenvalue weighted by molar-refractivity contribution is -0.153. The normalized spacial score (nSPS) is 20.6. The standard InChI is InChI=1S/C29H36N4O5/c1-3-26-33(21-11-7-8-18(14-21)15-23(30)29(35)38-26)32(20-9-5-4-6-10-20)17-19-12-13-24(36-2)27-22(19)16-25(37-27)28(31)34/h7-8,11-14,16,20,23,26H,3-6,9-10,15,17,30H2,1-2H3,(H2,31,34). The summed E-state index contributed by atoms with van der Waals surface area (Å²) in [7, 11) is 1.57. The first-order valence-corrected chi connectivity index (χ1v) is 13.4. The largest absolute Gasteiger partial charge is 0.493 e. The van der Waals surface area contributed by atoms with Crippen molar-refractivity contribution in [2.75, 3.05) is 12.1 Å². The number of amides is 1. The van der Waals surface area contributed by atoms with Gasteiger partial charge in [0.25, 0.3) is 5.91 Å². The highest BCUT2D eigenvalue weighted by Gasteiger charge is 2.35. The van der Waals surface area contributed by atoms with Crippen LogP contribution >= 0.6 is 0 Å². The molecular formula is C29H36N4O5. The molecule has 202 valence electrons. The summed E-state index contributed by atoms with van der Waals surface area (Å²) in [6.07, 6.45) is 6.00. The number of nitrogens with two attached hydrogens (primary N) is 2. The highest BCUT2D eigenvalue weighted by atomic mass is 16.6. The Bertz CT molecular complexity index is 1320. The molecule has 1 fully saturated rings. The maximum atomic E-state index is 13.0. The lowest BCUT2D eigenvalue weighted by Crippen LogP contribution is -2.55. The van der Waals surface area contributed by atoms with Crippen LogP contribution in [0.1, 0.15) is 67.1 Å². The first kappa shape index (κ1) is 26.1. The van der Waals surface area contributed by atoms with Crippen LogP contribution in [0.4, 0.5) is 5.69 Å². The van der Waals surface area contributed by atoms with E-state index in [1.54, 1.807) is 13.2 Å². The van der Waals surface area contributed by atoms with Crippen molar-refractivity contribution in [2.45, 2.75) is 76.7 Å². The minimum absolute atomic E-state index is 0.0831. The van der Waals surface area contributed by atoms with Gasteiger partial charge in [-0.1, -0.05) is 44.4 Å². The molecule has 1 aliphatic heterocycles. The molecule has 2 atom stereocenters. The van der Waals surface area contributed by atoms with Gasteiger partial charge < -0.3 is 25.4 Å². The summed E-state index contributed by atoms with van der Waals surface area (Å²) >= 11 is 0. The number of furan rings is 1. The molecule has 1 saturated carbocycles. The zero-order valence-electron chi connectivity index (χ0n) is 22.0. The Hall–Kier alpha value is -3.56. The van der Waals surface area contributed by atoms with Gasteiger partial charge in [-0.2, -0.15) is 0 Å². The van der Waals surface area contributed by atoms with Crippen LogP contribution < -0.4 is 21.2 Å². The molecule has 2 unspecified atom stereocenters. The van der Waals surface area contributed by atoms with Gasteiger partial charge in [0.2, 0.25) is 0 Å². The van der Waals surface area contributed by atoms with Crippen molar-refractivity contribution in [3.8, 4) is 5.75 Å². The number of hydrogen-bond acceptors (Lipinski definition) is 8. The van der Waals surface area contributed by atoms with Crippen molar-refractivity contribution in [1.82, 2.24) is 5.01 Å². The second-order valence-corrected chi connectivity index (χ2v) is 10.2. The predicted molar refractivity (Wildman–Crippen MR) is 144 cm³/mol. The number of carbonyl (C=O) groups excluding carboxylic acids is 2. The molecule has 0 radical (unpaired) electrons. The van der Waals surface area contributed by atoms with Crippen molar-refractivity contribution in [3.63, 3.8) is 0 Å². The number of hydrogen-bond donors (Lipinski definition) is 2. The number of nitrogens with zero attached hydrogens (tertiary/aromatic N) is 2. The summed E-state index contributed by atoms with van der Waals surface area (Å²) in [4.78, 5) is 24.9. The number of hydrazine groups is 1. The summed E-state index contributed by atoms with van der Waals surface area (Å²) < 4.78 is 17.4. The van der Waals surface area contributed by atoms with Crippen LogP contribution in [0.2, 0.25) is 0 Å². The molecule has 2 bridgehead atoms. The van der Waals surface area contributed by atoms with Gasteiger partial charge in [0.15, 0.2) is 23.3 Å². The van der Waals surface area contributed by atoms with Gasteiger partial charge in [-0.05, 0) is 54.7 Å². The number of carbonyl (C=O) groups is 2. The van der Waals surface area contributed by atoms with Crippen LogP contribution in [0.25, 0.3) is 11.0 Å². The fourth-order valence-corrected chi connectivity index (χ4v) is 5.68. The highest BCUT2D eigenvalue weighted by Crippen LogP contribution is 2.36. The van der Waals surface area contributed by atoms with E-state index in [-0.39, 0.29) is 11.8 Å². The lowest BCUT2D eigenvalue weighted by Gasteiger charge is -2.46. The molecule has 9 nitrogen and oxygen atoms in total. The molecule has 38 heavy (non-hydrogen) atoms. The van der Waals surface area contributed by atoms with Crippen molar-refractivity contribution in [2.24, 2.45) is 11.5 Å². The molecule has 0 saturated heterocycles. The Balaban J connectivity index is 1.63. The third-order valence-corrected chi connectivity index (χ3v) is 7.61. The molecule has 2 heterocycles. The number of ether oxygens (including phenoxy) is 2. The fraction of sp³-hybridized carbons (Fsp3) is 0.448. The van der Waals surface area contributed by atoms with E-state index < -0.39 is 24.1 Å². The van der Waals surface area contributed by atoms with E-state index in [9.17, 15) is 9.59 Å². The molecule has 4 N–H and O–H groups in total. The molecule has 5 rings (SSSR count). The number of methoxy groups -OCH3 is 1. The first-order valence-electron chi connectivity index (χ1n) is 13.4. The average molecular weight is 521 g/mol. The molecule has 9 heteroatoms. The van der Waals surface area contributed by atoms with Gasteiger partial charge in [-0.25, -0.2) is 5.01 Å². The van der Waals surface area contributed by atoms with E-state index >= 15 is 0 Å². The van der Waals surface area contributed by atoms with Crippen LogP contribution in [0.3, 0.4) is 0 Å². The summed E-state index contributed by atoms with van der Waals surface area (Å²) in [6.45, 7) is 2.52. The minimum Gasteiger partial charge on any atom is -0.493 e. The number of rotatable bonds is 7. The number of esters is 1. The Morgan fingerprint density at radius 2 is 1.95 bits per heavy atom. The Labute approximate surface area is 222 Å². The Morgan fingerprint density at radius 3 is 2.66 bits per heavy atom. The summed E-state index contributed by atoms with van der Waals surface area (Å²) in [6, 6.07) is 13.2. The van der Waals surface area contributed by atoms with Crippen LogP contribution in [0, 0.1) is 0 Å². The summed E-state index contributed by atoms with van der Waals surface area (Å²) in [5, 5.41) is 5.24. The zero-order valence-corrected chi connectivity index (χ0v) is 22.0. The Kier molecular flexibility index (Phi) is 7.58. The molecule has 0 spiro atoms. The van der Waals surface area contributed by atoms with E-state index in [0.717, 1.165) is 47.9 Å². The number of cyclic esters (lactones) is 1. The van der Waals surface area contributed by atoms with Crippen molar-refractivity contribution in [1.29, 1.82) is 0 Å². The second-order valence-electron chi connectivity index (χ2n) is 10.2. The highest BCUT2D eigenvalue weighted by molar-refractivity contribution is 5.97. The number of fused-ring (bicyclic) bond motifs is 3. The van der Waals surface area contributed by atoms with Crippen molar-refractivity contribution < 1.29 is 23.5 Å². The average Bonchev–Trinajstić information content (AvgIpc) is 3.39. The fourth-order valence-electron chi connectivity index (χ4n) is 5.68. The van der Waals surface area contributed by atoms with Crippen LogP contribution in [-0.2, 0) is 22.5 Å². The van der Waals surface area contributed by atoms with E-state index in [0.29, 0.717) is 30.7 Å². The number of anilines is 1. The lowest BCUT2D eigenvalue weighted by atomic mass is 9.94. The molecule has 2 aliphatic rings. The van der Waals surface area contributed by atoms with Crippen LogP contribution in [0.15, 0.2) is 46.9 Å². The van der Waals surface area contributed by atoms with Crippen molar-refractivity contribution in [3.05, 3.63) is 59.4 Å². The smallest absolute Gasteiger partial charge is 0.325 e. The maximum absolute atomic E-state index is 13.0. The van der Waals surface area contributed by atoms with Gasteiger partial charge in [-0.3, -0.25) is 14.6 Å². The third-order valence-electron chi connectivity index (χ3n) is 7.61. The van der Waals surface area contributed by atoms with Crippen LogP contribution in [0.5, 0.6) is 5.75 Å². The van der Waals surface area contributed by atoms with E-state index in [1.807, 2.05) is 31.2 Å². The van der Waals surface area contributed by atoms with Gasteiger partial charge >= 0.3 is 5.97 Å². The zero-order chi connectivity index (χ0) is 26.8. The predicted octanol–water partition coefficient (Wildman–Crippen LogP) is 4.26. The second kappa shape index (κ2) is 11.0. The third kappa shape index (κ3) is 5.08. The van der Waals surface area contributed by atoms with Crippen molar-refractivity contribution >= 4 is 28.5 Å². The number of benzene rings is 2. The maximum Gasteiger partial charge on any atom is 0.325 e. The van der Waals surface area contributed by atoms with Gasteiger partial charge in [0, 0.05) is 24.4 Å². The molecule has 3 aromatic rings.